The van der Waals surface area contributed by atoms with Crippen LogP contribution in [0.25, 0.3) is 0 Å². The molecule has 0 N–H and O–H groups in total. The third kappa shape index (κ3) is 3.96. The molecule has 0 spiro atoms. The van der Waals surface area contributed by atoms with Crippen LogP contribution in [-0.2, 0) is 0 Å². The number of halogens is 1. The fourth-order valence-electron chi connectivity index (χ4n) is 3.80. The number of alkyl halides is 1. The Morgan fingerprint density at radius 2 is 1.61 bits per heavy atom. The van der Waals surface area contributed by atoms with E-state index in [2.05, 4.69) is 13.8 Å². The molecule has 0 saturated heterocycles. The zero-order valence-corrected chi connectivity index (χ0v) is 13.0. The third-order valence-electron chi connectivity index (χ3n) is 5.34. The van der Waals surface area contributed by atoms with Gasteiger partial charge in [-0.3, -0.25) is 0 Å². The van der Waals surface area contributed by atoms with Crippen LogP contribution in [0.5, 0.6) is 0 Å². The van der Waals surface area contributed by atoms with Gasteiger partial charge in [0.15, 0.2) is 0 Å². The summed E-state index contributed by atoms with van der Waals surface area (Å²) in [5.74, 6) is 1.84. The zero-order chi connectivity index (χ0) is 13.6. The molecule has 1 aliphatic rings. The molecule has 0 aromatic heterocycles. The second-order valence-corrected chi connectivity index (χ2v) is 6.51. The summed E-state index contributed by atoms with van der Waals surface area (Å²) in [4.78, 5) is 0. The van der Waals surface area contributed by atoms with E-state index >= 15 is 4.39 Å². The van der Waals surface area contributed by atoms with Gasteiger partial charge in [-0.05, 0) is 49.9 Å². The van der Waals surface area contributed by atoms with Crippen molar-refractivity contribution in [1.29, 1.82) is 0 Å². The predicted octanol–water partition coefficient (Wildman–Crippen LogP) is 6.15. The average molecular weight is 256 g/mol. The predicted molar refractivity (Wildman–Crippen MR) is 78.6 cm³/mol. The summed E-state index contributed by atoms with van der Waals surface area (Å²) < 4.78 is 15.1. The molecule has 108 valence electrons. The molecule has 18 heavy (non-hydrogen) atoms. The number of hydrogen-bond acceptors (Lipinski definition) is 0. The zero-order valence-electron chi connectivity index (χ0n) is 13.0. The molecule has 1 fully saturated rings. The third-order valence-corrected chi connectivity index (χ3v) is 5.34. The second kappa shape index (κ2) is 7.50. The normalized spacial score (nSPS) is 27.2. The Morgan fingerprint density at radius 3 is 2.06 bits per heavy atom. The van der Waals surface area contributed by atoms with Crippen LogP contribution in [0, 0.1) is 17.8 Å². The standard InChI is InChI=1S/C17H33F/c1-5-8-9-16(17(18,6-2)7-3)15-12-10-14(4)11-13-15/h14-16H,5-13H2,1-4H3/t14-,15+,16-/m0/s1. The van der Waals surface area contributed by atoms with Crippen molar-refractivity contribution in [2.24, 2.45) is 17.8 Å². The fourth-order valence-corrected chi connectivity index (χ4v) is 3.80. The molecule has 0 aromatic carbocycles. The summed E-state index contributed by atoms with van der Waals surface area (Å²) in [5, 5.41) is 0. The first-order chi connectivity index (χ1) is 8.57. The van der Waals surface area contributed by atoms with Crippen molar-refractivity contribution in [3.63, 3.8) is 0 Å². The molecule has 0 unspecified atom stereocenters. The highest BCUT2D eigenvalue weighted by Crippen LogP contribution is 2.44. The van der Waals surface area contributed by atoms with Gasteiger partial charge in [0.1, 0.15) is 5.67 Å². The molecular formula is C17H33F. The molecule has 1 atom stereocenters. The minimum Gasteiger partial charge on any atom is -0.244 e. The van der Waals surface area contributed by atoms with E-state index in [0.717, 1.165) is 12.3 Å². The molecule has 0 amide bonds. The van der Waals surface area contributed by atoms with Crippen LogP contribution in [0.4, 0.5) is 4.39 Å². The van der Waals surface area contributed by atoms with Gasteiger partial charge in [0.2, 0.25) is 0 Å². The molecule has 1 aliphatic carbocycles. The topological polar surface area (TPSA) is 0 Å². The Morgan fingerprint density at radius 1 is 1.06 bits per heavy atom. The van der Waals surface area contributed by atoms with Crippen molar-refractivity contribution < 1.29 is 4.39 Å². The van der Waals surface area contributed by atoms with Crippen LogP contribution in [0.1, 0.15) is 85.5 Å². The summed E-state index contributed by atoms with van der Waals surface area (Å²) in [6, 6.07) is 0. The van der Waals surface area contributed by atoms with E-state index in [1.807, 2.05) is 13.8 Å². The van der Waals surface area contributed by atoms with Crippen LogP contribution < -0.4 is 0 Å². The monoisotopic (exact) mass is 256 g/mol. The summed E-state index contributed by atoms with van der Waals surface area (Å²) in [5.41, 5.74) is -0.902. The number of unbranched alkanes of at least 4 members (excludes halogenated alkanes) is 1. The maximum Gasteiger partial charge on any atom is 0.113 e. The van der Waals surface area contributed by atoms with Gasteiger partial charge >= 0.3 is 0 Å². The Labute approximate surface area is 114 Å². The van der Waals surface area contributed by atoms with E-state index < -0.39 is 5.67 Å². The first-order valence-corrected chi connectivity index (χ1v) is 8.26. The second-order valence-electron chi connectivity index (χ2n) is 6.51. The lowest BCUT2D eigenvalue weighted by atomic mass is 9.67. The van der Waals surface area contributed by atoms with Crippen molar-refractivity contribution in [3.8, 4) is 0 Å². The van der Waals surface area contributed by atoms with Crippen LogP contribution in [0.15, 0.2) is 0 Å². The van der Waals surface area contributed by atoms with Gasteiger partial charge in [-0.1, -0.05) is 53.4 Å². The molecule has 0 nitrogen and oxygen atoms in total. The Bertz CT molecular complexity index is 212. The maximum atomic E-state index is 15.1. The van der Waals surface area contributed by atoms with E-state index in [-0.39, 0.29) is 0 Å². The average Bonchev–Trinajstić information content (AvgIpc) is 2.40. The first kappa shape index (κ1) is 16.0. The molecule has 0 aromatic rings. The molecule has 1 heteroatoms. The highest BCUT2D eigenvalue weighted by Gasteiger charge is 2.40. The lowest BCUT2D eigenvalue weighted by Crippen LogP contribution is -2.38. The number of hydrogen-bond donors (Lipinski definition) is 0. The van der Waals surface area contributed by atoms with Crippen molar-refractivity contribution in [2.45, 2.75) is 91.2 Å². The van der Waals surface area contributed by atoms with Crippen molar-refractivity contribution in [3.05, 3.63) is 0 Å². The molecule has 1 rings (SSSR count). The van der Waals surface area contributed by atoms with E-state index in [9.17, 15) is 0 Å². The maximum absolute atomic E-state index is 15.1. The van der Waals surface area contributed by atoms with Gasteiger partial charge in [0, 0.05) is 0 Å². The van der Waals surface area contributed by atoms with Crippen molar-refractivity contribution in [1.82, 2.24) is 0 Å². The summed E-state index contributed by atoms with van der Waals surface area (Å²) in [7, 11) is 0. The lowest BCUT2D eigenvalue weighted by molar-refractivity contribution is 0.0112. The van der Waals surface area contributed by atoms with Gasteiger partial charge in [-0.25, -0.2) is 4.39 Å². The van der Waals surface area contributed by atoms with Gasteiger partial charge in [0.05, 0.1) is 0 Å². The van der Waals surface area contributed by atoms with Gasteiger partial charge in [0.25, 0.3) is 0 Å². The molecule has 1 saturated carbocycles. The summed E-state index contributed by atoms with van der Waals surface area (Å²) >= 11 is 0. The highest BCUT2D eigenvalue weighted by atomic mass is 19.1. The Hall–Kier alpha value is -0.0700. The van der Waals surface area contributed by atoms with E-state index in [4.69, 9.17) is 0 Å². The largest absolute Gasteiger partial charge is 0.244 e. The lowest BCUT2D eigenvalue weighted by Gasteiger charge is -2.41. The SMILES string of the molecule is CCCC[C@@H]([C@H]1CC[C@@H](C)CC1)C(F)(CC)CC. The summed E-state index contributed by atoms with van der Waals surface area (Å²) in [6.45, 7) is 8.64. The Kier molecular flexibility index (Phi) is 6.66. The summed E-state index contributed by atoms with van der Waals surface area (Å²) in [6.07, 6.45) is 10.1. The van der Waals surface area contributed by atoms with Gasteiger partial charge in [-0.15, -0.1) is 0 Å². The molecule has 0 bridgehead atoms. The van der Waals surface area contributed by atoms with Crippen LogP contribution in [-0.4, -0.2) is 5.67 Å². The number of rotatable bonds is 7. The van der Waals surface area contributed by atoms with Gasteiger partial charge in [-0.2, -0.15) is 0 Å². The minimum atomic E-state index is -0.902. The minimum absolute atomic E-state index is 0.319. The van der Waals surface area contributed by atoms with Crippen LogP contribution in [0.2, 0.25) is 0 Å². The van der Waals surface area contributed by atoms with E-state index in [0.29, 0.717) is 24.7 Å². The van der Waals surface area contributed by atoms with Crippen molar-refractivity contribution >= 4 is 0 Å². The molecule has 0 radical (unpaired) electrons. The van der Waals surface area contributed by atoms with E-state index in [1.54, 1.807) is 0 Å². The van der Waals surface area contributed by atoms with E-state index in [1.165, 1.54) is 38.5 Å². The smallest absolute Gasteiger partial charge is 0.113 e. The van der Waals surface area contributed by atoms with Crippen LogP contribution in [0.3, 0.4) is 0 Å². The van der Waals surface area contributed by atoms with Crippen LogP contribution >= 0.6 is 0 Å². The molecular weight excluding hydrogens is 223 g/mol. The van der Waals surface area contributed by atoms with Crippen molar-refractivity contribution in [2.75, 3.05) is 0 Å². The highest BCUT2D eigenvalue weighted by molar-refractivity contribution is 4.90. The Balaban J connectivity index is 2.70. The quantitative estimate of drug-likeness (QED) is 0.512. The molecule has 0 heterocycles. The van der Waals surface area contributed by atoms with Gasteiger partial charge < -0.3 is 0 Å². The fraction of sp³-hybridized carbons (Fsp3) is 1.00. The first-order valence-electron chi connectivity index (χ1n) is 8.26. The molecule has 0 aliphatic heterocycles.